The predicted octanol–water partition coefficient (Wildman–Crippen LogP) is 3.24. The Morgan fingerprint density at radius 2 is 2.06 bits per heavy atom. The van der Waals surface area contributed by atoms with Crippen LogP contribution < -0.4 is 5.32 Å². The Balaban J connectivity index is 2.33. The number of benzene rings is 1. The van der Waals surface area contributed by atoms with Gasteiger partial charge in [0.25, 0.3) is 0 Å². The van der Waals surface area contributed by atoms with E-state index in [0.717, 1.165) is 11.3 Å². The van der Waals surface area contributed by atoms with Crippen LogP contribution in [-0.2, 0) is 0 Å². The molecule has 0 fully saturated rings. The average molecular weight is 231 g/mol. The molecule has 0 amide bonds. The fourth-order valence-electron chi connectivity index (χ4n) is 1.89. The van der Waals surface area contributed by atoms with E-state index in [4.69, 9.17) is 5.11 Å². The van der Waals surface area contributed by atoms with Crippen molar-refractivity contribution in [2.75, 3.05) is 5.32 Å². The Hall–Kier alpha value is -1.77. The molecule has 2 N–H and O–H groups in total. The summed E-state index contributed by atoms with van der Waals surface area (Å²) in [5, 5.41) is 12.3. The monoisotopic (exact) mass is 231 g/mol. The predicted molar refractivity (Wildman–Crippen MR) is 69.3 cm³/mol. The Morgan fingerprint density at radius 3 is 2.65 bits per heavy atom. The molecule has 0 aliphatic carbocycles. The first-order valence-electron chi connectivity index (χ1n) is 5.70. The van der Waals surface area contributed by atoms with Gasteiger partial charge in [-0.1, -0.05) is 32.9 Å². The van der Waals surface area contributed by atoms with E-state index in [2.05, 4.69) is 32.2 Å². The molecule has 1 heterocycles. The molecule has 2 rings (SSSR count). The van der Waals surface area contributed by atoms with Crippen LogP contribution in [-0.4, -0.2) is 17.1 Å². The summed E-state index contributed by atoms with van der Waals surface area (Å²) in [6, 6.07) is 5.43. The zero-order valence-electron chi connectivity index (χ0n) is 10.3. The van der Waals surface area contributed by atoms with Crippen molar-refractivity contribution >= 4 is 17.7 Å². The van der Waals surface area contributed by atoms with Gasteiger partial charge in [0.1, 0.15) is 0 Å². The SMILES string of the molecule is CC(C)(C)[C@@H]1C=Cc2cc(C(=O)O)ccc2N1. The van der Waals surface area contributed by atoms with Gasteiger partial charge in [-0.25, -0.2) is 4.79 Å². The second-order valence-electron chi connectivity index (χ2n) is 5.45. The van der Waals surface area contributed by atoms with Crippen molar-refractivity contribution < 1.29 is 9.90 Å². The van der Waals surface area contributed by atoms with Gasteiger partial charge < -0.3 is 10.4 Å². The molecule has 90 valence electrons. The third kappa shape index (κ3) is 2.33. The lowest BCUT2D eigenvalue weighted by atomic mass is 9.84. The number of anilines is 1. The molecule has 0 saturated carbocycles. The first kappa shape index (κ1) is 11.7. The van der Waals surface area contributed by atoms with E-state index in [-0.39, 0.29) is 11.5 Å². The maximum absolute atomic E-state index is 10.9. The molecule has 1 aromatic rings. The van der Waals surface area contributed by atoms with E-state index in [0.29, 0.717) is 5.56 Å². The number of carbonyl (C=O) groups is 1. The van der Waals surface area contributed by atoms with Crippen molar-refractivity contribution in [2.45, 2.75) is 26.8 Å². The average Bonchev–Trinajstić information content (AvgIpc) is 2.26. The second kappa shape index (κ2) is 3.91. The number of hydrogen-bond donors (Lipinski definition) is 2. The molecule has 1 atom stereocenters. The summed E-state index contributed by atoms with van der Waals surface area (Å²) >= 11 is 0. The fraction of sp³-hybridized carbons (Fsp3) is 0.357. The molecular weight excluding hydrogens is 214 g/mol. The van der Waals surface area contributed by atoms with Crippen molar-refractivity contribution in [1.82, 2.24) is 0 Å². The molecule has 0 bridgehead atoms. The molecule has 1 aliphatic heterocycles. The zero-order chi connectivity index (χ0) is 12.6. The van der Waals surface area contributed by atoms with Crippen molar-refractivity contribution in [3.05, 3.63) is 35.4 Å². The largest absolute Gasteiger partial charge is 0.478 e. The maximum atomic E-state index is 10.9. The minimum Gasteiger partial charge on any atom is -0.478 e. The van der Waals surface area contributed by atoms with Gasteiger partial charge in [0.05, 0.1) is 5.56 Å². The number of carboxylic acid groups (broad SMARTS) is 1. The summed E-state index contributed by atoms with van der Waals surface area (Å²) in [4.78, 5) is 10.9. The number of carboxylic acids is 1. The van der Waals surface area contributed by atoms with Gasteiger partial charge in [-0.3, -0.25) is 0 Å². The topological polar surface area (TPSA) is 49.3 Å². The van der Waals surface area contributed by atoms with Crippen molar-refractivity contribution in [3.8, 4) is 0 Å². The second-order valence-corrected chi connectivity index (χ2v) is 5.45. The van der Waals surface area contributed by atoms with Crippen LogP contribution in [0, 0.1) is 5.41 Å². The zero-order valence-corrected chi connectivity index (χ0v) is 10.3. The molecule has 0 unspecified atom stereocenters. The van der Waals surface area contributed by atoms with Gasteiger partial charge in [0.2, 0.25) is 0 Å². The number of nitrogens with one attached hydrogen (secondary N) is 1. The highest BCUT2D eigenvalue weighted by Crippen LogP contribution is 2.31. The van der Waals surface area contributed by atoms with Crippen LogP contribution in [0.3, 0.4) is 0 Å². The van der Waals surface area contributed by atoms with Crippen LogP contribution in [0.4, 0.5) is 5.69 Å². The van der Waals surface area contributed by atoms with Gasteiger partial charge in [-0.2, -0.15) is 0 Å². The minimum absolute atomic E-state index is 0.139. The lowest BCUT2D eigenvalue weighted by Gasteiger charge is -2.33. The highest BCUT2D eigenvalue weighted by molar-refractivity contribution is 5.90. The number of fused-ring (bicyclic) bond motifs is 1. The minimum atomic E-state index is -0.890. The van der Waals surface area contributed by atoms with E-state index in [9.17, 15) is 4.79 Å². The molecule has 0 aromatic heterocycles. The summed E-state index contributed by atoms with van der Waals surface area (Å²) in [6.45, 7) is 6.52. The number of hydrogen-bond acceptors (Lipinski definition) is 2. The Morgan fingerprint density at radius 1 is 1.35 bits per heavy atom. The van der Waals surface area contributed by atoms with Crippen molar-refractivity contribution in [2.24, 2.45) is 5.41 Å². The summed E-state index contributed by atoms with van der Waals surface area (Å²) in [5.41, 5.74) is 2.40. The Bertz CT molecular complexity index is 483. The molecule has 17 heavy (non-hydrogen) atoms. The molecule has 0 saturated heterocycles. The van der Waals surface area contributed by atoms with E-state index in [1.54, 1.807) is 12.1 Å². The Kier molecular flexibility index (Phi) is 2.69. The molecule has 0 spiro atoms. The number of aromatic carboxylic acids is 1. The molecule has 3 heteroatoms. The Labute approximate surface area is 101 Å². The van der Waals surface area contributed by atoms with Crippen LogP contribution in [0.15, 0.2) is 24.3 Å². The standard InChI is InChI=1S/C14H17NO2/c1-14(2,3)12-7-5-9-8-10(13(16)17)4-6-11(9)15-12/h4-8,12,15H,1-3H3,(H,16,17)/t12-/m0/s1. The van der Waals surface area contributed by atoms with E-state index in [1.165, 1.54) is 0 Å². The highest BCUT2D eigenvalue weighted by Gasteiger charge is 2.25. The summed E-state index contributed by atoms with van der Waals surface area (Å²) in [7, 11) is 0. The highest BCUT2D eigenvalue weighted by atomic mass is 16.4. The van der Waals surface area contributed by atoms with Crippen LogP contribution in [0.5, 0.6) is 0 Å². The van der Waals surface area contributed by atoms with Gasteiger partial charge in [0.15, 0.2) is 0 Å². The summed E-state index contributed by atoms with van der Waals surface area (Å²) < 4.78 is 0. The van der Waals surface area contributed by atoms with Crippen LogP contribution >= 0.6 is 0 Å². The van der Waals surface area contributed by atoms with E-state index < -0.39 is 5.97 Å². The molecular formula is C14H17NO2. The quantitative estimate of drug-likeness (QED) is 0.780. The number of rotatable bonds is 1. The van der Waals surface area contributed by atoms with Gasteiger partial charge in [-0.05, 0) is 29.2 Å². The third-order valence-electron chi connectivity index (χ3n) is 3.01. The van der Waals surface area contributed by atoms with Crippen LogP contribution in [0.2, 0.25) is 0 Å². The maximum Gasteiger partial charge on any atom is 0.335 e. The lowest BCUT2D eigenvalue weighted by Crippen LogP contribution is -2.33. The van der Waals surface area contributed by atoms with Gasteiger partial charge in [0, 0.05) is 11.7 Å². The first-order valence-corrected chi connectivity index (χ1v) is 5.70. The molecule has 1 aliphatic rings. The van der Waals surface area contributed by atoms with Crippen LogP contribution in [0.1, 0.15) is 36.7 Å². The fourth-order valence-corrected chi connectivity index (χ4v) is 1.89. The van der Waals surface area contributed by atoms with Crippen molar-refractivity contribution in [1.29, 1.82) is 0 Å². The molecule has 0 radical (unpaired) electrons. The lowest BCUT2D eigenvalue weighted by molar-refractivity contribution is 0.0697. The normalized spacial score (nSPS) is 18.4. The van der Waals surface area contributed by atoms with E-state index >= 15 is 0 Å². The smallest absolute Gasteiger partial charge is 0.335 e. The first-order chi connectivity index (χ1) is 7.88. The summed E-state index contributed by atoms with van der Waals surface area (Å²) in [6.07, 6.45) is 4.09. The van der Waals surface area contributed by atoms with Gasteiger partial charge >= 0.3 is 5.97 Å². The van der Waals surface area contributed by atoms with Crippen molar-refractivity contribution in [3.63, 3.8) is 0 Å². The van der Waals surface area contributed by atoms with Crippen LogP contribution in [0.25, 0.3) is 6.08 Å². The summed E-state index contributed by atoms with van der Waals surface area (Å²) in [5.74, 6) is -0.890. The molecule has 3 nitrogen and oxygen atoms in total. The third-order valence-corrected chi connectivity index (χ3v) is 3.01. The van der Waals surface area contributed by atoms with Gasteiger partial charge in [-0.15, -0.1) is 0 Å². The van der Waals surface area contributed by atoms with E-state index in [1.807, 2.05) is 12.1 Å². The molecule has 1 aromatic carbocycles.